The number of halogens is 1. The quantitative estimate of drug-likeness (QED) is 0.187. The zero-order valence-electron chi connectivity index (χ0n) is 28.7. The van der Waals surface area contributed by atoms with Crippen LogP contribution in [0.4, 0.5) is 4.39 Å². The van der Waals surface area contributed by atoms with Gasteiger partial charge in [-0.2, -0.15) is 0 Å². The summed E-state index contributed by atoms with van der Waals surface area (Å²) in [6.07, 6.45) is 13.5. The molecule has 2 aliphatic heterocycles. The van der Waals surface area contributed by atoms with Crippen molar-refractivity contribution in [3.63, 3.8) is 0 Å². The van der Waals surface area contributed by atoms with Crippen LogP contribution in [-0.4, -0.2) is 51.5 Å². The van der Waals surface area contributed by atoms with Gasteiger partial charge < -0.3 is 19.5 Å². The number of pyridine rings is 1. The molecule has 0 saturated carbocycles. The molecule has 3 aromatic carbocycles. The van der Waals surface area contributed by atoms with Crippen LogP contribution in [-0.2, 0) is 0 Å². The van der Waals surface area contributed by atoms with Crippen LogP contribution in [0.5, 0.6) is 11.5 Å². The molecule has 9 heteroatoms. The second kappa shape index (κ2) is 16.0. The molecule has 7 rings (SSSR count). The summed E-state index contributed by atoms with van der Waals surface area (Å²) in [7, 11) is 0. The van der Waals surface area contributed by atoms with E-state index in [0.717, 1.165) is 16.5 Å². The highest BCUT2D eigenvalue weighted by Crippen LogP contribution is 2.43. The summed E-state index contributed by atoms with van der Waals surface area (Å²) in [6, 6.07) is 12.8. The monoisotopic (exact) mass is 651 g/mol. The van der Waals surface area contributed by atoms with Gasteiger partial charge in [0.15, 0.2) is 11.5 Å². The smallest absolute Gasteiger partial charge is 0.256 e. The number of fused-ring (bicyclic) bond motifs is 3. The normalized spacial score (nSPS) is 13.9. The molecule has 0 radical (unpaired) electrons. The molecule has 2 aliphatic rings. The van der Waals surface area contributed by atoms with Crippen LogP contribution in [0.1, 0.15) is 87.3 Å². The van der Waals surface area contributed by atoms with Gasteiger partial charge in [-0.25, -0.2) is 4.39 Å². The Labute approximate surface area is 282 Å². The molecule has 0 bridgehead atoms. The molecule has 0 unspecified atom stereocenters. The molecular formula is C39H46FN5O3. The van der Waals surface area contributed by atoms with Crippen molar-refractivity contribution in [2.75, 3.05) is 26.2 Å². The van der Waals surface area contributed by atoms with Crippen molar-refractivity contribution in [2.24, 2.45) is 0 Å². The lowest BCUT2D eigenvalue weighted by molar-refractivity contribution is 0.0954. The van der Waals surface area contributed by atoms with E-state index >= 15 is 0 Å². The van der Waals surface area contributed by atoms with Crippen LogP contribution in [0.2, 0.25) is 0 Å². The summed E-state index contributed by atoms with van der Waals surface area (Å²) in [5, 5.41) is 4.74. The lowest BCUT2D eigenvalue weighted by atomic mass is 10.0. The van der Waals surface area contributed by atoms with Crippen LogP contribution < -0.4 is 15.5 Å². The first kappa shape index (κ1) is 34.7. The summed E-state index contributed by atoms with van der Waals surface area (Å²) >= 11 is 0. The third-order valence-electron chi connectivity index (χ3n) is 9.03. The number of aromatic nitrogens is 3. The SMILES string of the molecule is CCCC[C@@H](C)c1cnccn1.CCN1CCCC1.CCNC(=O)c1cn2c3c(c(C)c(F)cc3c1=O)Oc1cc3ccccc3cc1-2. The summed E-state index contributed by atoms with van der Waals surface area (Å²) < 4.78 is 22.4. The van der Waals surface area contributed by atoms with E-state index in [4.69, 9.17) is 4.74 Å². The number of carbonyl (C=O) groups excluding carboxylic acids is 1. The number of benzene rings is 3. The lowest BCUT2D eigenvalue weighted by Crippen LogP contribution is -2.30. The van der Waals surface area contributed by atoms with Crippen molar-refractivity contribution in [3.8, 4) is 17.2 Å². The van der Waals surface area contributed by atoms with E-state index in [2.05, 4.69) is 41.0 Å². The number of amides is 1. The summed E-state index contributed by atoms with van der Waals surface area (Å²) in [5.74, 6) is 0.352. The Balaban J connectivity index is 0.000000194. The van der Waals surface area contributed by atoms with Crippen molar-refractivity contribution in [3.05, 3.63) is 100 Å². The minimum absolute atomic E-state index is 0.0328. The van der Waals surface area contributed by atoms with Gasteiger partial charge in [0.2, 0.25) is 5.43 Å². The van der Waals surface area contributed by atoms with Gasteiger partial charge >= 0.3 is 0 Å². The maximum absolute atomic E-state index is 14.6. The summed E-state index contributed by atoms with van der Waals surface area (Å²) in [6.45, 7) is 14.4. The molecular weight excluding hydrogens is 605 g/mol. The van der Waals surface area contributed by atoms with Crippen molar-refractivity contribution in [2.45, 2.75) is 72.6 Å². The molecule has 1 atom stereocenters. The fraction of sp³-hybridized carbons (Fsp3) is 0.385. The molecule has 252 valence electrons. The van der Waals surface area contributed by atoms with E-state index in [9.17, 15) is 14.0 Å². The van der Waals surface area contributed by atoms with Crippen LogP contribution in [0, 0.1) is 12.7 Å². The fourth-order valence-corrected chi connectivity index (χ4v) is 6.16. The molecule has 4 heterocycles. The minimum Gasteiger partial charge on any atom is -0.453 e. The van der Waals surface area contributed by atoms with Gasteiger partial charge in [0.05, 0.1) is 16.8 Å². The molecule has 48 heavy (non-hydrogen) atoms. The molecule has 1 saturated heterocycles. The number of likely N-dealkylation sites (tertiary alicyclic amines) is 1. The average Bonchev–Trinajstić information content (AvgIpc) is 3.65. The standard InChI is InChI=1S/C23H17FN2O3.C10H16N2.C6H13N/c1-3-25-23(28)16-11-26-18-8-13-6-4-5-7-14(13)9-19(18)29-22-12(2)17(24)10-15(20(22)26)21(16)27;1-3-4-5-9(2)10-8-11-6-7-12-10;1-2-7-5-3-4-6-7/h4-11H,3H2,1-2H3,(H,25,28);6-9H,3-5H2,1-2H3;2-6H2,1H3/t;9-;/m.1./s1. The molecule has 1 amide bonds. The zero-order chi connectivity index (χ0) is 34.2. The number of hydrogen-bond donors (Lipinski definition) is 1. The fourth-order valence-electron chi connectivity index (χ4n) is 6.16. The predicted octanol–water partition coefficient (Wildman–Crippen LogP) is 8.32. The number of nitrogens with one attached hydrogen (secondary N) is 1. The minimum atomic E-state index is -0.548. The van der Waals surface area contributed by atoms with Crippen molar-refractivity contribution < 1.29 is 13.9 Å². The first-order valence-corrected chi connectivity index (χ1v) is 17.1. The van der Waals surface area contributed by atoms with Gasteiger partial charge in [0, 0.05) is 36.9 Å². The van der Waals surface area contributed by atoms with Crippen molar-refractivity contribution in [1.29, 1.82) is 0 Å². The van der Waals surface area contributed by atoms with Crippen LogP contribution >= 0.6 is 0 Å². The van der Waals surface area contributed by atoms with Crippen LogP contribution in [0.25, 0.3) is 27.4 Å². The van der Waals surface area contributed by atoms with E-state index in [-0.39, 0.29) is 10.9 Å². The molecule has 2 aromatic heterocycles. The van der Waals surface area contributed by atoms with E-state index < -0.39 is 17.2 Å². The Morgan fingerprint density at radius 3 is 2.42 bits per heavy atom. The number of hydrogen-bond acceptors (Lipinski definition) is 6. The number of carbonyl (C=O) groups is 1. The maximum Gasteiger partial charge on any atom is 0.256 e. The Kier molecular flexibility index (Phi) is 11.5. The summed E-state index contributed by atoms with van der Waals surface area (Å²) in [5.41, 5.74) is 2.04. The molecule has 8 nitrogen and oxygen atoms in total. The summed E-state index contributed by atoms with van der Waals surface area (Å²) in [4.78, 5) is 36.3. The third kappa shape index (κ3) is 7.57. The van der Waals surface area contributed by atoms with Gasteiger partial charge in [-0.05, 0) is 87.6 Å². The van der Waals surface area contributed by atoms with E-state index in [1.54, 1.807) is 30.8 Å². The molecule has 0 aliphatic carbocycles. The van der Waals surface area contributed by atoms with Crippen molar-refractivity contribution >= 4 is 27.6 Å². The highest BCUT2D eigenvalue weighted by atomic mass is 19.1. The number of rotatable bonds is 7. The predicted molar refractivity (Wildman–Crippen MR) is 191 cm³/mol. The molecule has 5 aromatic rings. The third-order valence-corrected chi connectivity index (χ3v) is 9.03. The van der Waals surface area contributed by atoms with Gasteiger partial charge in [0.25, 0.3) is 5.91 Å². The van der Waals surface area contributed by atoms with E-state index in [0.29, 0.717) is 40.7 Å². The highest BCUT2D eigenvalue weighted by Gasteiger charge is 2.27. The second-order valence-corrected chi connectivity index (χ2v) is 12.4. The van der Waals surface area contributed by atoms with Gasteiger partial charge in [0.1, 0.15) is 16.9 Å². The Morgan fingerprint density at radius 2 is 1.79 bits per heavy atom. The highest BCUT2D eigenvalue weighted by molar-refractivity contribution is 6.00. The first-order valence-electron chi connectivity index (χ1n) is 17.1. The van der Waals surface area contributed by atoms with E-state index in [1.807, 2.05) is 42.6 Å². The van der Waals surface area contributed by atoms with Crippen molar-refractivity contribution in [1.82, 2.24) is 24.8 Å². The molecule has 1 N–H and O–H groups in total. The Morgan fingerprint density at radius 1 is 1.06 bits per heavy atom. The Hall–Kier alpha value is -4.63. The molecule has 0 spiro atoms. The zero-order valence-corrected chi connectivity index (χ0v) is 28.7. The lowest BCUT2D eigenvalue weighted by Gasteiger charge is -2.25. The maximum atomic E-state index is 14.6. The number of ether oxygens (including phenoxy) is 1. The van der Waals surface area contributed by atoms with Crippen LogP contribution in [0.15, 0.2) is 72.0 Å². The molecule has 1 fully saturated rings. The van der Waals surface area contributed by atoms with Gasteiger partial charge in [-0.3, -0.25) is 19.6 Å². The Bertz CT molecular complexity index is 1940. The second-order valence-electron chi connectivity index (χ2n) is 12.4. The average molecular weight is 652 g/mol. The van der Waals surface area contributed by atoms with Gasteiger partial charge in [-0.15, -0.1) is 0 Å². The topological polar surface area (TPSA) is 89.4 Å². The van der Waals surface area contributed by atoms with Crippen LogP contribution in [0.3, 0.4) is 0 Å². The number of nitrogens with zero attached hydrogens (tertiary/aromatic N) is 4. The van der Waals surface area contributed by atoms with E-state index in [1.165, 1.54) is 64.0 Å². The number of unbranched alkanes of at least 4 members (excludes halogenated alkanes) is 1. The van der Waals surface area contributed by atoms with Gasteiger partial charge in [-0.1, -0.05) is 57.9 Å². The first-order chi connectivity index (χ1) is 23.3. The largest absolute Gasteiger partial charge is 0.453 e.